The van der Waals surface area contributed by atoms with Gasteiger partial charge in [-0.15, -0.1) is 0 Å². The summed E-state index contributed by atoms with van der Waals surface area (Å²) in [6.45, 7) is 1.90. The molecule has 5 nitrogen and oxygen atoms in total. The first-order chi connectivity index (χ1) is 11.1. The molecule has 23 heavy (non-hydrogen) atoms. The third-order valence-corrected chi connectivity index (χ3v) is 4.78. The van der Waals surface area contributed by atoms with Crippen LogP contribution in [0.15, 0.2) is 41.9 Å². The van der Waals surface area contributed by atoms with Gasteiger partial charge in [-0.05, 0) is 43.2 Å². The summed E-state index contributed by atoms with van der Waals surface area (Å²) in [5.74, 6) is 1.39. The Bertz CT molecular complexity index is 802. The molecular weight excluding hydrogens is 294 g/mol. The summed E-state index contributed by atoms with van der Waals surface area (Å²) < 4.78 is 11.7. The van der Waals surface area contributed by atoms with Crippen LogP contribution >= 0.6 is 0 Å². The number of aliphatic carboxylic acids is 1. The number of hydrogen-bond acceptors (Lipinski definition) is 4. The van der Waals surface area contributed by atoms with Gasteiger partial charge in [0.15, 0.2) is 0 Å². The number of nitriles is 1. The third-order valence-electron chi connectivity index (χ3n) is 4.78. The lowest BCUT2D eigenvalue weighted by atomic mass is 9.92. The fourth-order valence-electron chi connectivity index (χ4n) is 3.56. The number of carboxylic acid groups (broad SMARTS) is 1. The van der Waals surface area contributed by atoms with E-state index in [1.54, 1.807) is 18.2 Å². The first-order valence-corrected chi connectivity index (χ1v) is 7.58. The molecule has 1 N–H and O–H groups in total. The lowest BCUT2D eigenvalue weighted by molar-refractivity contribution is -0.140. The highest BCUT2D eigenvalue weighted by Gasteiger charge is 2.66. The molecule has 1 aromatic carbocycles. The molecule has 0 bridgehead atoms. The highest BCUT2D eigenvalue weighted by atomic mass is 16.5. The van der Waals surface area contributed by atoms with Gasteiger partial charge in [0, 0.05) is 17.9 Å². The molecule has 1 aliphatic heterocycles. The molecule has 4 rings (SSSR count). The lowest BCUT2D eigenvalue weighted by Crippen LogP contribution is -2.15. The van der Waals surface area contributed by atoms with Gasteiger partial charge in [0.1, 0.15) is 29.3 Å². The molecule has 0 spiro atoms. The maximum absolute atomic E-state index is 11.1. The quantitative estimate of drug-likeness (QED) is 0.928. The van der Waals surface area contributed by atoms with Gasteiger partial charge in [-0.1, -0.05) is 0 Å². The molecule has 0 aromatic heterocycles. The predicted octanol–water partition coefficient (Wildman–Crippen LogP) is 2.76. The molecule has 1 saturated heterocycles. The maximum atomic E-state index is 11.1. The van der Waals surface area contributed by atoms with Gasteiger partial charge in [-0.3, -0.25) is 4.79 Å². The number of nitrogens with zero attached hydrogens (tertiary/aromatic N) is 1. The van der Waals surface area contributed by atoms with Crippen molar-refractivity contribution in [3.63, 3.8) is 0 Å². The summed E-state index contributed by atoms with van der Waals surface area (Å²) in [4.78, 5) is 11.1. The number of rotatable bonds is 3. The first-order valence-electron chi connectivity index (χ1n) is 7.58. The average molecular weight is 309 g/mol. The monoisotopic (exact) mass is 309 g/mol. The van der Waals surface area contributed by atoms with Crippen molar-refractivity contribution in [1.82, 2.24) is 0 Å². The second-order valence-electron chi connectivity index (χ2n) is 6.21. The Morgan fingerprint density at radius 1 is 1.48 bits per heavy atom. The highest BCUT2D eigenvalue weighted by molar-refractivity contribution is 5.76. The number of allylic oxidation sites excluding steroid dienone is 3. The molecule has 4 atom stereocenters. The topological polar surface area (TPSA) is 79.5 Å². The van der Waals surface area contributed by atoms with Crippen molar-refractivity contribution in [2.24, 2.45) is 17.8 Å². The summed E-state index contributed by atoms with van der Waals surface area (Å²) in [7, 11) is 0. The normalized spacial score (nSPS) is 30.1. The van der Waals surface area contributed by atoms with Crippen LogP contribution in [0.3, 0.4) is 0 Å². The Morgan fingerprint density at radius 2 is 2.30 bits per heavy atom. The van der Waals surface area contributed by atoms with E-state index >= 15 is 0 Å². The van der Waals surface area contributed by atoms with Crippen molar-refractivity contribution in [3.8, 4) is 11.8 Å². The van der Waals surface area contributed by atoms with Crippen LogP contribution in [0.25, 0.3) is 0 Å². The molecule has 5 heteroatoms. The van der Waals surface area contributed by atoms with Gasteiger partial charge in [0.2, 0.25) is 0 Å². The Labute approximate surface area is 133 Å². The summed E-state index contributed by atoms with van der Waals surface area (Å²) in [5, 5.41) is 18.0. The summed E-state index contributed by atoms with van der Waals surface area (Å²) in [5.41, 5.74) is 1.50. The molecule has 1 saturated carbocycles. The zero-order valence-corrected chi connectivity index (χ0v) is 12.5. The minimum absolute atomic E-state index is 0.105. The van der Waals surface area contributed by atoms with E-state index in [0.29, 0.717) is 17.1 Å². The zero-order valence-electron chi connectivity index (χ0n) is 12.5. The number of carbonyl (C=O) groups is 1. The molecule has 0 amide bonds. The fraction of sp³-hybridized carbons (Fsp3) is 0.333. The molecular formula is C18H15NO4. The minimum atomic E-state index is -0.765. The zero-order chi connectivity index (χ0) is 16.1. The second kappa shape index (κ2) is 4.88. The summed E-state index contributed by atoms with van der Waals surface area (Å²) in [6, 6.07) is 7.39. The van der Waals surface area contributed by atoms with Gasteiger partial charge < -0.3 is 14.6 Å². The highest BCUT2D eigenvalue weighted by Crippen LogP contribution is 2.58. The number of carboxylic acids is 1. The van der Waals surface area contributed by atoms with Crippen molar-refractivity contribution in [2.75, 3.05) is 0 Å². The number of hydrogen-bond donors (Lipinski definition) is 1. The molecule has 1 aromatic rings. The van der Waals surface area contributed by atoms with Crippen molar-refractivity contribution >= 4 is 5.97 Å². The van der Waals surface area contributed by atoms with E-state index in [-0.39, 0.29) is 23.9 Å². The van der Waals surface area contributed by atoms with E-state index < -0.39 is 5.97 Å². The fourth-order valence-corrected chi connectivity index (χ4v) is 3.56. The SMILES string of the molecule is Cc1cc(C#N)ccc1OC1=CCC2C(=C1)O[C@H]1[C@H](C(=O)O)[C@@H]21. The van der Waals surface area contributed by atoms with Crippen LogP contribution < -0.4 is 4.74 Å². The molecule has 2 aliphatic carbocycles. The third kappa shape index (κ3) is 2.18. The van der Waals surface area contributed by atoms with Crippen LogP contribution in [0.2, 0.25) is 0 Å². The largest absolute Gasteiger partial charge is 0.493 e. The Morgan fingerprint density at radius 3 is 3.00 bits per heavy atom. The van der Waals surface area contributed by atoms with Crippen LogP contribution in [0.4, 0.5) is 0 Å². The average Bonchev–Trinajstić information content (AvgIpc) is 3.13. The molecule has 2 fully saturated rings. The van der Waals surface area contributed by atoms with Gasteiger partial charge in [0.25, 0.3) is 0 Å². The Kier molecular flexibility index (Phi) is 2.95. The van der Waals surface area contributed by atoms with Gasteiger partial charge in [-0.25, -0.2) is 0 Å². The van der Waals surface area contributed by atoms with Crippen LogP contribution in [0, 0.1) is 36.0 Å². The van der Waals surface area contributed by atoms with E-state index in [1.807, 2.05) is 19.1 Å². The number of benzene rings is 1. The van der Waals surface area contributed by atoms with Gasteiger partial charge >= 0.3 is 5.97 Å². The number of fused-ring (bicyclic) bond motifs is 3. The second-order valence-corrected chi connectivity index (χ2v) is 6.21. The Hall–Kier alpha value is -2.74. The van der Waals surface area contributed by atoms with Crippen molar-refractivity contribution in [1.29, 1.82) is 5.26 Å². The number of aryl methyl sites for hydroxylation is 1. The molecule has 1 unspecified atom stereocenters. The van der Waals surface area contributed by atoms with E-state index in [4.69, 9.17) is 19.8 Å². The van der Waals surface area contributed by atoms with E-state index in [9.17, 15) is 4.79 Å². The van der Waals surface area contributed by atoms with Crippen molar-refractivity contribution < 1.29 is 19.4 Å². The van der Waals surface area contributed by atoms with E-state index in [2.05, 4.69) is 6.07 Å². The van der Waals surface area contributed by atoms with E-state index in [0.717, 1.165) is 17.7 Å². The van der Waals surface area contributed by atoms with Crippen molar-refractivity contribution in [3.05, 3.63) is 53.0 Å². The van der Waals surface area contributed by atoms with E-state index in [1.165, 1.54) is 0 Å². The number of ether oxygens (including phenoxy) is 2. The van der Waals surface area contributed by atoms with Gasteiger partial charge in [-0.2, -0.15) is 5.26 Å². The van der Waals surface area contributed by atoms with Crippen LogP contribution in [0.5, 0.6) is 5.75 Å². The summed E-state index contributed by atoms with van der Waals surface area (Å²) >= 11 is 0. The van der Waals surface area contributed by atoms with Gasteiger partial charge in [0.05, 0.1) is 11.6 Å². The van der Waals surface area contributed by atoms with Crippen LogP contribution in [0.1, 0.15) is 17.5 Å². The first kappa shape index (κ1) is 13.9. The molecule has 1 heterocycles. The smallest absolute Gasteiger partial charge is 0.310 e. The summed E-state index contributed by atoms with van der Waals surface area (Å²) in [6.07, 6.45) is 4.40. The van der Waals surface area contributed by atoms with Crippen LogP contribution in [-0.4, -0.2) is 17.2 Å². The van der Waals surface area contributed by atoms with Crippen molar-refractivity contribution in [2.45, 2.75) is 19.4 Å². The standard InChI is InChI=1S/C18H15NO4/c1-9-6-10(8-19)2-5-13(9)22-11-3-4-12-14(7-11)23-17-15(12)16(17)18(20)21/h2-3,5-7,12,15-17H,4H2,1H3,(H,20,21)/t12?,15-,16-,17-/m1/s1. The minimum Gasteiger partial charge on any atom is -0.493 e. The molecule has 116 valence electrons. The molecule has 0 radical (unpaired) electrons. The maximum Gasteiger partial charge on any atom is 0.310 e. The predicted molar refractivity (Wildman–Crippen MR) is 80.3 cm³/mol. The Balaban J connectivity index is 1.49. The molecule has 3 aliphatic rings. The lowest BCUT2D eigenvalue weighted by Gasteiger charge is -2.20. The van der Waals surface area contributed by atoms with Crippen LogP contribution in [-0.2, 0) is 9.53 Å².